The van der Waals surface area contributed by atoms with Crippen LogP contribution in [0.1, 0.15) is 16.2 Å². The van der Waals surface area contributed by atoms with Crippen molar-refractivity contribution in [2.45, 2.75) is 6.92 Å². The molecule has 32 heavy (non-hydrogen) atoms. The molecular formula is C23H21N5O4. The molecule has 162 valence electrons. The van der Waals surface area contributed by atoms with Crippen molar-refractivity contribution in [3.05, 3.63) is 78.4 Å². The molecule has 1 aromatic carbocycles. The van der Waals surface area contributed by atoms with Gasteiger partial charge in [-0.25, -0.2) is 9.97 Å². The molecule has 0 unspecified atom stereocenters. The van der Waals surface area contributed by atoms with Gasteiger partial charge in [0.15, 0.2) is 5.82 Å². The minimum Gasteiger partial charge on any atom is -0.456 e. The summed E-state index contributed by atoms with van der Waals surface area (Å²) in [4.78, 5) is 32.7. The number of fused-ring (bicyclic) bond motifs is 1. The molecule has 0 saturated carbocycles. The summed E-state index contributed by atoms with van der Waals surface area (Å²) < 4.78 is 12.5. The second-order valence-electron chi connectivity index (χ2n) is 6.99. The molecule has 4 rings (SSSR count). The molecule has 0 radical (unpaired) electrons. The molecule has 4 aromatic rings. The fraction of sp³-hybridized carbons (Fsp3) is 0.130. The Labute approximate surface area is 184 Å². The molecular weight excluding hydrogens is 410 g/mol. The van der Waals surface area contributed by atoms with E-state index in [0.29, 0.717) is 34.3 Å². The third-order valence-corrected chi connectivity index (χ3v) is 4.42. The van der Waals surface area contributed by atoms with Gasteiger partial charge in [0.05, 0.1) is 12.4 Å². The van der Waals surface area contributed by atoms with E-state index in [4.69, 9.17) is 9.47 Å². The van der Waals surface area contributed by atoms with Gasteiger partial charge in [0.1, 0.15) is 29.4 Å². The number of benzene rings is 1. The highest BCUT2D eigenvalue weighted by Gasteiger charge is 2.10. The highest BCUT2D eigenvalue weighted by atomic mass is 16.5. The number of nitrogens with zero attached hydrogens (tertiary/aromatic N) is 3. The lowest BCUT2D eigenvalue weighted by Gasteiger charge is -2.09. The topological polar surface area (TPSA) is 107 Å². The lowest BCUT2D eigenvalue weighted by molar-refractivity contribution is -0.119. The predicted molar refractivity (Wildman–Crippen MR) is 119 cm³/mol. The third kappa shape index (κ3) is 5.08. The molecule has 0 spiro atoms. The van der Waals surface area contributed by atoms with Gasteiger partial charge in [-0.2, -0.15) is 0 Å². The van der Waals surface area contributed by atoms with Gasteiger partial charge in [-0.1, -0.05) is 12.1 Å². The van der Waals surface area contributed by atoms with Crippen molar-refractivity contribution in [2.24, 2.45) is 0 Å². The molecule has 3 aromatic heterocycles. The molecule has 2 amide bonds. The second kappa shape index (κ2) is 9.27. The number of aromatic nitrogens is 3. The molecule has 0 fully saturated rings. The van der Waals surface area contributed by atoms with Crippen LogP contribution in [0.4, 0.5) is 11.5 Å². The van der Waals surface area contributed by atoms with Crippen LogP contribution >= 0.6 is 0 Å². The Kier molecular flexibility index (Phi) is 6.09. The van der Waals surface area contributed by atoms with E-state index in [1.54, 1.807) is 65.3 Å². The van der Waals surface area contributed by atoms with E-state index in [1.165, 1.54) is 7.11 Å². The van der Waals surface area contributed by atoms with Crippen LogP contribution in [0.2, 0.25) is 0 Å². The number of carbonyl (C=O) groups is 2. The van der Waals surface area contributed by atoms with Gasteiger partial charge < -0.3 is 24.5 Å². The van der Waals surface area contributed by atoms with Crippen LogP contribution < -0.4 is 15.4 Å². The Morgan fingerprint density at radius 2 is 1.81 bits per heavy atom. The average Bonchev–Trinajstić information content (AvgIpc) is 3.15. The number of carbonyl (C=O) groups excluding carboxylic acids is 2. The van der Waals surface area contributed by atoms with E-state index in [9.17, 15) is 9.59 Å². The van der Waals surface area contributed by atoms with E-state index < -0.39 is 0 Å². The lowest BCUT2D eigenvalue weighted by Crippen LogP contribution is -2.17. The van der Waals surface area contributed by atoms with Crippen LogP contribution in [-0.4, -0.2) is 39.9 Å². The first-order valence-corrected chi connectivity index (χ1v) is 9.80. The van der Waals surface area contributed by atoms with Gasteiger partial charge in [-0.05, 0) is 43.3 Å². The number of hydrogen-bond acceptors (Lipinski definition) is 6. The SMILES string of the molecule is COCC(=O)Nc1cn2cc(Oc3cccc(NC(=O)c4cccc(C)n4)c3)ccc2n1. The smallest absolute Gasteiger partial charge is 0.274 e. The Bertz CT molecular complexity index is 1280. The zero-order valence-electron chi connectivity index (χ0n) is 17.5. The van der Waals surface area contributed by atoms with Crippen LogP contribution in [-0.2, 0) is 9.53 Å². The fourth-order valence-electron chi connectivity index (χ4n) is 3.04. The number of amides is 2. The molecule has 3 heterocycles. The van der Waals surface area contributed by atoms with E-state index in [2.05, 4.69) is 20.6 Å². The van der Waals surface area contributed by atoms with Crippen molar-refractivity contribution in [3.8, 4) is 11.5 Å². The largest absolute Gasteiger partial charge is 0.456 e. The third-order valence-electron chi connectivity index (χ3n) is 4.42. The van der Waals surface area contributed by atoms with Gasteiger partial charge in [0.2, 0.25) is 0 Å². The molecule has 9 nitrogen and oxygen atoms in total. The summed E-state index contributed by atoms with van der Waals surface area (Å²) >= 11 is 0. The first kappa shape index (κ1) is 21.0. The van der Waals surface area contributed by atoms with Crippen molar-refractivity contribution >= 4 is 29.0 Å². The molecule has 2 N–H and O–H groups in total. The summed E-state index contributed by atoms with van der Waals surface area (Å²) in [6.07, 6.45) is 3.43. The summed E-state index contributed by atoms with van der Waals surface area (Å²) in [5.74, 6) is 0.945. The van der Waals surface area contributed by atoms with Crippen molar-refractivity contribution < 1.29 is 19.1 Å². The maximum Gasteiger partial charge on any atom is 0.274 e. The number of pyridine rings is 2. The number of rotatable bonds is 7. The zero-order chi connectivity index (χ0) is 22.5. The highest BCUT2D eigenvalue weighted by molar-refractivity contribution is 6.02. The van der Waals surface area contributed by atoms with Crippen molar-refractivity contribution in [1.29, 1.82) is 0 Å². The summed E-state index contributed by atoms with van der Waals surface area (Å²) in [5, 5.41) is 5.49. The monoisotopic (exact) mass is 431 g/mol. The summed E-state index contributed by atoms with van der Waals surface area (Å²) in [7, 11) is 1.45. The van der Waals surface area contributed by atoms with Crippen molar-refractivity contribution in [2.75, 3.05) is 24.4 Å². The summed E-state index contributed by atoms with van der Waals surface area (Å²) in [6.45, 7) is 1.79. The van der Waals surface area contributed by atoms with Crippen LogP contribution in [0.15, 0.2) is 67.0 Å². The van der Waals surface area contributed by atoms with Gasteiger partial charge in [0, 0.05) is 24.6 Å². The van der Waals surface area contributed by atoms with Gasteiger partial charge in [0.25, 0.3) is 11.8 Å². The Morgan fingerprint density at radius 3 is 2.62 bits per heavy atom. The minimum atomic E-state index is -0.297. The number of ether oxygens (including phenoxy) is 2. The molecule has 0 aliphatic carbocycles. The van der Waals surface area contributed by atoms with Gasteiger partial charge in [-0.3, -0.25) is 9.59 Å². The first-order chi connectivity index (χ1) is 15.5. The molecule has 0 bridgehead atoms. The number of aryl methyl sites for hydroxylation is 1. The predicted octanol–water partition coefficient (Wildman–Crippen LogP) is 3.67. The minimum absolute atomic E-state index is 0.0466. The van der Waals surface area contributed by atoms with Crippen LogP contribution in [0, 0.1) is 6.92 Å². The van der Waals surface area contributed by atoms with Crippen LogP contribution in [0.25, 0.3) is 5.65 Å². The molecule has 0 aliphatic heterocycles. The van der Waals surface area contributed by atoms with Crippen LogP contribution in [0.5, 0.6) is 11.5 Å². The number of anilines is 2. The maximum atomic E-state index is 12.4. The maximum absolute atomic E-state index is 12.4. The molecule has 0 saturated heterocycles. The fourth-order valence-corrected chi connectivity index (χ4v) is 3.04. The Morgan fingerprint density at radius 1 is 0.969 bits per heavy atom. The second-order valence-corrected chi connectivity index (χ2v) is 6.99. The number of nitrogens with one attached hydrogen (secondary N) is 2. The number of methoxy groups -OCH3 is 1. The number of imidazole rings is 1. The van der Waals surface area contributed by atoms with Crippen LogP contribution in [0.3, 0.4) is 0 Å². The summed E-state index contributed by atoms with van der Waals surface area (Å²) in [5.41, 5.74) is 2.35. The molecule has 9 heteroatoms. The van der Waals surface area contributed by atoms with E-state index in [-0.39, 0.29) is 18.4 Å². The molecule has 0 aliphatic rings. The average molecular weight is 431 g/mol. The van der Waals surface area contributed by atoms with Crippen molar-refractivity contribution in [1.82, 2.24) is 14.4 Å². The van der Waals surface area contributed by atoms with Crippen molar-refractivity contribution in [3.63, 3.8) is 0 Å². The van der Waals surface area contributed by atoms with E-state index in [1.807, 2.05) is 13.0 Å². The summed E-state index contributed by atoms with van der Waals surface area (Å²) in [6, 6.07) is 15.9. The Hall–Kier alpha value is -4.24. The van der Waals surface area contributed by atoms with Gasteiger partial charge in [-0.15, -0.1) is 0 Å². The highest BCUT2D eigenvalue weighted by Crippen LogP contribution is 2.25. The van der Waals surface area contributed by atoms with E-state index in [0.717, 1.165) is 5.69 Å². The van der Waals surface area contributed by atoms with Gasteiger partial charge >= 0.3 is 0 Å². The molecule has 0 atom stereocenters. The van der Waals surface area contributed by atoms with E-state index >= 15 is 0 Å². The normalized spacial score (nSPS) is 10.7. The Balaban J connectivity index is 1.46. The number of hydrogen-bond donors (Lipinski definition) is 2. The first-order valence-electron chi connectivity index (χ1n) is 9.80. The quantitative estimate of drug-likeness (QED) is 0.462. The zero-order valence-corrected chi connectivity index (χ0v) is 17.5. The lowest BCUT2D eigenvalue weighted by atomic mass is 10.2. The standard InChI is InChI=1S/C23H21N5O4/c1-15-5-3-8-19(24-15)23(30)25-16-6-4-7-17(11-16)32-18-9-10-21-26-20(13-28(21)12-18)27-22(29)14-31-2/h3-13H,14H2,1-2H3,(H,25,30)(H,27,29).